The third-order valence-electron chi connectivity index (χ3n) is 2.19. The van der Waals surface area contributed by atoms with E-state index < -0.39 is 0 Å². The molecule has 88 valence electrons. The number of nitrogens with two attached hydrogens (primary N) is 1. The zero-order valence-corrected chi connectivity index (χ0v) is 9.35. The van der Waals surface area contributed by atoms with Gasteiger partial charge in [0.2, 0.25) is 5.95 Å². The van der Waals surface area contributed by atoms with E-state index in [9.17, 15) is 0 Å². The number of nitrogen functional groups attached to an aromatic ring is 1. The molecule has 6 heteroatoms. The van der Waals surface area contributed by atoms with Gasteiger partial charge in [-0.05, 0) is 25.2 Å². The Morgan fingerprint density at radius 1 is 1.19 bits per heavy atom. The van der Waals surface area contributed by atoms with Crippen LogP contribution >= 0.6 is 0 Å². The Morgan fingerprint density at radius 3 is 2.50 bits per heavy atom. The van der Waals surface area contributed by atoms with E-state index in [0.717, 1.165) is 6.42 Å². The predicted octanol–water partition coefficient (Wildman–Crippen LogP) is 1.03. The number of hydrogen-bond donors (Lipinski definition) is 1. The summed E-state index contributed by atoms with van der Waals surface area (Å²) in [5.74, 6) is 0.782. The monoisotopic (exact) mass is 224 g/mol. The molecule has 0 saturated heterocycles. The Morgan fingerprint density at radius 2 is 1.88 bits per heavy atom. The van der Waals surface area contributed by atoms with Gasteiger partial charge in [0.25, 0.3) is 0 Å². The Bertz CT molecular complexity index is 355. The van der Waals surface area contributed by atoms with Crippen molar-refractivity contribution in [2.75, 3.05) is 18.9 Å². The molecule has 0 atom stereocenters. The highest BCUT2D eigenvalue weighted by Gasteiger charge is 2.22. The van der Waals surface area contributed by atoms with Crippen molar-refractivity contribution in [1.82, 2.24) is 15.0 Å². The van der Waals surface area contributed by atoms with Crippen LogP contribution in [0.3, 0.4) is 0 Å². The molecule has 0 amide bonds. The fourth-order valence-electron chi connectivity index (χ4n) is 1.15. The largest absolute Gasteiger partial charge is 0.463 e. The molecule has 1 saturated carbocycles. The van der Waals surface area contributed by atoms with Gasteiger partial charge in [-0.2, -0.15) is 9.97 Å². The second kappa shape index (κ2) is 4.96. The Labute approximate surface area is 94.2 Å². The van der Waals surface area contributed by atoms with E-state index >= 15 is 0 Å². The van der Waals surface area contributed by atoms with Gasteiger partial charge in [-0.15, -0.1) is 4.98 Å². The molecule has 1 aliphatic carbocycles. The van der Waals surface area contributed by atoms with Gasteiger partial charge in [0.1, 0.15) is 0 Å². The number of aromatic nitrogens is 3. The number of hydrogen-bond acceptors (Lipinski definition) is 6. The van der Waals surface area contributed by atoms with Crippen LogP contribution in [0.15, 0.2) is 0 Å². The van der Waals surface area contributed by atoms with E-state index in [1.54, 1.807) is 0 Å². The quantitative estimate of drug-likeness (QED) is 0.777. The molecule has 0 unspecified atom stereocenters. The summed E-state index contributed by atoms with van der Waals surface area (Å²) in [7, 11) is 0. The highest BCUT2D eigenvalue weighted by molar-refractivity contribution is 5.20. The maximum atomic E-state index is 5.53. The first kappa shape index (κ1) is 10.9. The predicted molar refractivity (Wildman–Crippen MR) is 58.2 cm³/mol. The first-order chi connectivity index (χ1) is 7.78. The van der Waals surface area contributed by atoms with Crippen LogP contribution in [0.5, 0.6) is 12.0 Å². The van der Waals surface area contributed by atoms with Crippen molar-refractivity contribution in [3.63, 3.8) is 0 Å². The summed E-state index contributed by atoms with van der Waals surface area (Å²) in [5.41, 5.74) is 5.53. The van der Waals surface area contributed by atoms with E-state index in [4.69, 9.17) is 15.2 Å². The van der Waals surface area contributed by atoms with Crippen molar-refractivity contribution in [2.45, 2.75) is 26.2 Å². The van der Waals surface area contributed by atoms with Crippen LogP contribution < -0.4 is 15.2 Å². The molecule has 1 aliphatic rings. The second-order valence-electron chi connectivity index (χ2n) is 3.86. The Hall–Kier alpha value is -1.59. The fraction of sp³-hybridized carbons (Fsp3) is 0.700. The maximum absolute atomic E-state index is 5.53. The van der Waals surface area contributed by atoms with Gasteiger partial charge in [0, 0.05) is 0 Å². The van der Waals surface area contributed by atoms with Gasteiger partial charge in [-0.3, -0.25) is 0 Å². The Kier molecular flexibility index (Phi) is 3.38. The molecule has 1 fully saturated rings. The van der Waals surface area contributed by atoms with Crippen molar-refractivity contribution in [3.8, 4) is 12.0 Å². The molecule has 0 bridgehead atoms. The lowest BCUT2D eigenvalue weighted by molar-refractivity contribution is 0.254. The summed E-state index contributed by atoms with van der Waals surface area (Å²) < 4.78 is 10.7. The smallest absolute Gasteiger partial charge is 0.324 e. The third-order valence-corrected chi connectivity index (χ3v) is 2.19. The number of nitrogens with zero attached hydrogens (tertiary/aromatic N) is 3. The minimum absolute atomic E-state index is 0.131. The summed E-state index contributed by atoms with van der Waals surface area (Å²) in [5, 5.41) is 0. The highest BCUT2D eigenvalue weighted by Crippen LogP contribution is 2.29. The zero-order chi connectivity index (χ0) is 11.4. The first-order valence-corrected chi connectivity index (χ1v) is 5.55. The molecule has 1 aromatic heterocycles. The van der Waals surface area contributed by atoms with Crippen LogP contribution in [-0.4, -0.2) is 28.2 Å². The van der Waals surface area contributed by atoms with E-state index in [2.05, 4.69) is 15.0 Å². The van der Waals surface area contributed by atoms with E-state index in [0.29, 0.717) is 19.1 Å². The molecule has 0 radical (unpaired) electrons. The van der Waals surface area contributed by atoms with Crippen molar-refractivity contribution < 1.29 is 9.47 Å². The lowest BCUT2D eigenvalue weighted by Crippen LogP contribution is -2.08. The Balaban J connectivity index is 1.96. The van der Waals surface area contributed by atoms with Crippen LogP contribution in [0.2, 0.25) is 0 Å². The molecule has 0 aromatic carbocycles. The highest BCUT2D eigenvalue weighted by atomic mass is 16.5. The molecule has 1 heterocycles. The van der Waals surface area contributed by atoms with Crippen molar-refractivity contribution >= 4 is 5.95 Å². The van der Waals surface area contributed by atoms with Crippen LogP contribution in [0.4, 0.5) is 5.95 Å². The van der Waals surface area contributed by atoms with Crippen molar-refractivity contribution in [3.05, 3.63) is 0 Å². The van der Waals surface area contributed by atoms with Crippen LogP contribution in [0.1, 0.15) is 26.2 Å². The number of ether oxygens (including phenoxy) is 2. The second-order valence-corrected chi connectivity index (χ2v) is 3.86. The van der Waals surface area contributed by atoms with Gasteiger partial charge >= 0.3 is 12.0 Å². The third kappa shape index (κ3) is 3.22. The lowest BCUT2D eigenvalue weighted by Gasteiger charge is -2.06. The minimum atomic E-state index is 0.131. The average molecular weight is 224 g/mol. The molecule has 1 aromatic rings. The van der Waals surface area contributed by atoms with Gasteiger partial charge < -0.3 is 15.2 Å². The SMILES string of the molecule is CCCOc1nc(N)nc(OCC2CC2)n1. The van der Waals surface area contributed by atoms with Crippen LogP contribution in [0, 0.1) is 5.92 Å². The topological polar surface area (TPSA) is 83.2 Å². The molecule has 0 aliphatic heterocycles. The van der Waals surface area contributed by atoms with E-state index in [-0.39, 0.29) is 18.0 Å². The van der Waals surface area contributed by atoms with E-state index in [1.807, 2.05) is 6.92 Å². The summed E-state index contributed by atoms with van der Waals surface area (Å²) in [4.78, 5) is 11.8. The van der Waals surface area contributed by atoms with Crippen molar-refractivity contribution in [2.24, 2.45) is 5.92 Å². The normalized spacial score (nSPS) is 14.8. The van der Waals surface area contributed by atoms with Gasteiger partial charge in [-0.1, -0.05) is 6.92 Å². The standard InChI is InChI=1S/C10H16N4O2/c1-2-5-15-9-12-8(11)13-10(14-9)16-6-7-3-4-7/h7H,2-6H2,1H3,(H2,11,12,13,14). The summed E-state index contributed by atoms with van der Waals surface area (Å²) >= 11 is 0. The van der Waals surface area contributed by atoms with Crippen molar-refractivity contribution in [1.29, 1.82) is 0 Å². The molecule has 2 N–H and O–H groups in total. The van der Waals surface area contributed by atoms with Crippen LogP contribution in [0.25, 0.3) is 0 Å². The first-order valence-electron chi connectivity index (χ1n) is 5.55. The summed E-state index contributed by atoms with van der Waals surface area (Å²) in [6.07, 6.45) is 3.34. The lowest BCUT2D eigenvalue weighted by atomic mass is 10.5. The van der Waals surface area contributed by atoms with Gasteiger partial charge in [0.05, 0.1) is 13.2 Å². The van der Waals surface area contributed by atoms with Gasteiger partial charge in [0.15, 0.2) is 0 Å². The minimum Gasteiger partial charge on any atom is -0.463 e. The molecular weight excluding hydrogens is 208 g/mol. The molecule has 0 spiro atoms. The van der Waals surface area contributed by atoms with Gasteiger partial charge in [-0.25, -0.2) is 0 Å². The zero-order valence-electron chi connectivity index (χ0n) is 9.35. The molecule has 16 heavy (non-hydrogen) atoms. The molecular formula is C10H16N4O2. The molecule has 6 nitrogen and oxygen atoms in total. The fourth-order valence-corrected chi connectivity index (χ4v) is 1.15. The maximum Gasteiger partial charge on any atom is 0.324 e. The average Bonchev–Trinajstić information content (AvgIpc) is 3.07. The number of anilines is 1. The summed E-state index contributed by atoms with van der Waals surface area (Å²) in [6, 6.07) is 0.491. The van der Waals surface area contributed by atoms with E-state index in [1.165, 1.54) is 12.8 Å². The number of rotatable bonds is 6. The van der Waals surface area contributed by atoms with Crippen LogP contribution in [-0.2, 0) is 0 Å². The summed E-state index contributed by atoms with van der Waals surface area (Å²) in [6.45, 7) is 3.22. The molecule has 2 rings (SSSR count).